The Morgan fingerprint density at radius 2 is 2.11 bits per heavy atom. The molecular weight excluding hydrogens is 238 g/mol. The fourth-order valence-electron chi connectivity index (χ4n) is 2.39. The summed E-state index contributed by atoms with van der Waals surface area (Å²) in [5, 5.41) is 13.3. The topological polar surface area (TPSA) is 49.3 Å². The quantitative estimate of drug-likeness (QED) is 0.805. The van der Waals surface area contributed by atoms with E-state index in [-0.39, 0.29) is 11.8 Å². The van der Waals surface area contributed by atoms with Gasteiger partial charge in [0, 0.05) is 17.0 Å². The molecule has 2 atom stereocenters. The number of carbonyl (C=O) groups is 1. The SMILES string of the molecule is C=C/C(NC(=O)C(C)(C)C)=C1\CCC[C@](C)(O)[C@@H]1C. The number of hydrogen-bond donors (Lipinski definition) is 2. The number of aliphatic hydroxyl groups is 1. The van der Waals surface area contributed by atoms with E-state index in [9.17, 15) is 9.90 Å². The summed E-state index contributed by atoms with van der Waals surface area (Å²) in [6.07, 6.45) is 4.34. The second-order valence-electron chi connectivity index (χ2n) is 6.78. The zero-order valence-electron chi connectivity index (χ0n) is 12.8. The molecule has 3 heteroatoms. The third-order valence-electron chi connectivity index (χ3n) is 4.06. The molecule has 0 aromatic heterocycles. The number of amides is 1. The Morgan fingerprint density at radius 3 is 2.58 bits per heavy atom. The minimum Gasteiger partial charge on any atom is -0.390 e. The average molecular weight is 265 g/mol. The minimum atomic E-state index is -0.700. The van der Waals surface area contributed by atoms with Gasteiger partial charge in [-0.15, -0.1) is 0 Å². The summed E-state index contributed by atoms with van der Waals surface area (Å²) >= 11 is 0. The van der Waals surface area contributed by atoms with Gasteiger partial charge in [-0.25, -0.2) is 0 Å². The first-order chi connectivity index (χ1) is 8.59. The van der Waals surface area contributed by atoms with Gasteiger partial charge < -0.3 is 10.4 Å². The molecule has 3 nitrogen and oxygen atoms in total. The van der Waals surface area contributed by atoms with Gasteiger partial charge in [0.05, 0.1) is 5.60 Å². The van der Waals surface area contributed by atoms with Gasteiger partial charge in [0.2, 0.25) is 5.91 Å². The molecular formula is C16H27NO2. The third-order valence-corrected chi connectivity index (χ3v) is 4.06. The predicted molar refractivity (Wildman–Crippen MR) is 78.5 cm³/mol. The Balaban J connectivity index is 3.03. The van der Waals surface area contributed by atoms with Gasteiger partial charge in [-0.1, -0.05) is 34.3 Å². The van der Waals surface area contributed by atoms with E-state index < -0.39 is 11.0 Å². The Bertz CT molecular complexity index is 399. The van der Waals surface area contributed by atoms with Crippen LogP contribution in [0.25, 0.3) is 0 Å². The molecule has 19 heavy (non-hydrogen) atoms. The summed E-state index contributed by atoms with van der Waals surface area (Å²) in [5.74, 6) is 0.0156. The summed E-state index contributed by atoms with van der Waals surface area (Å²) in [5.41, 5.74) is 0.736. The molecule has 1 rings (SSSR count). The van der Waals surface area contributed by atoms with Crippen molar-refractivity contribution in [3.8, 4) is 0 Å². The van der Waals surface area contributed by atoms with Gasteiger partial charge in [0.25, 0.3) is 0 Å². The van der Waals surface area contributed by atoms with Crippen molar-refractivity contribution in [3.05, 3.63) is 23.9 Å². The van der Waals surface area contributed by atoms with Gasteiger partial charge >= 0.3 is 0 Å². The second-order valence-corrected chi connectivity index (χ2v) is 6.78. The van der Waals surface area contributed by atoms with Crippen molar-refractivity contribution in [2.75, 3.05) is 0 Å². The van der Waals surface area contributed by atoms with Crippen molar-refractivity contribution in [1.29, 1.82) is 0 Å². The number of rotatable bonds is 2. The Labute approximate surface area is 116 Å². The maximum absolute atomic E-state index is 12.1. The maximum Gasteiger partial charge on any atom is 0.229 e. The van der Waals surface area contributed by atoms with Crippen LogP contribution in [0.4, 0.5) is 0 Å². The minimum absolute atomic E-state index is 0.0210. The Hall–Kier alpha value is -1.09. The molecule has 0 aromatic rings. The van der Waals surface area contributed by atoms with Crippen LogP contribution in [0.1, 0.15) is 53.9 Å². The lowest BCUT2D eigenvalue weighted by molar-refractivity contribution is -0.127. The predicted octanol–water partition coefficient (Wildman–Crippen LogP) is 3.16. The van der Waals surface area contributed by atoms with Gasteiger partial charge in [0.1, 0.15) is 0 Å². The normalized spacial score (nSPS) is 30.7. The zero-order chi connectivity index (χ0) is 14.8. The van der Waals surface area contributed by atoms with Crippen LogP contribution in [0.2, 0.25) is 0 Å². The van der Waals surface area contributed by atoms with Gasteiger partial charge in [-0.05, 0) is 37.8 Å². The fourth-order valence-corrected chi connectivity index (χ4v) is 2.39. The molecule has 0 saturated heterocycles. The summed E-state index contributed by atoms with van der Waals surface area (Å²) in [4.78, 5) is 12.1. The fraction of sp³-hybridized carbons (Fsp3) is 0.688. The van der Waals surface area contributed by atoms with E-state index in [0.29, 0.717) is 0 Å². The highest BCUT2D eigenvalue weighted by molar-refractivity contribution is 5.83. The number of nitrogens with one attached hydrogen (secondary N) is 1. The van der Waals surface area contributed by atoms with Gasteiger partial charge in [-0.2, -0.15) is 0 Å². The maximum atomic E-state index is 12.1. The summed E-state index contributed by atoms with van der Waals surface area (Å²) in [6.45, 7) is 13.3. The lowest BCUT2D eigenvalue weighted by Crippen LogP contribution is -2.40. The van der Waals surface area contributed by atoms with E-state index in [4.69, 9.17) is 0 Å². The molecule has 0 aromatic carbocycles. The molecule has 0 aliphatic heterocycles. The van der Waals surface area contributed by atoms with Crippen LogP contribution >= 0.6 is 0 Å². The van der Waals surface area contributed by atoms with E-state index in [0.717, 1.165) is 30.5 Å². The smallest absolute Gasteiger partial charge is 0.229 e. The monoisotopic (exact) mass is 265 g/mol. The van der Waals surface area contributed by atoms with Gasteiger partial charge in [-0.3, -0.25) is 4.79 Å². The second kappa shape index (κ2) is 5.49. The van der Waals surface area contributed by atoms with E-state index in [1.54, 1.807) is 6.08 Å². The van der Waals surface area contributed by atoms with Crippen LogP contribution in [0.3, 0.4) is 0 Å². The lowest BCUT2D eigenvalue weighted by atomic mass is 9.73. The average Bonchev–Trinajstić information content (AvgIpc) is 2.28. The highest BCUT2D eigenvalue weighted by Crippen LogP contribution is 2.38. The van der Waals surface area contributed by atoms with E-state index >= 15 is 0 Å². The van der Waals surface area contributed by atoms with E-state index in [1.165, 1.54) is 0 Å². The molecule has 0 unspecified atom stereocenters. The molecule has 1 amide bonds. The van der Waals surface area contributed by atoms with Crippen molar-refractivity contribution in [1.82, 2.24) is 5.32 Å². The Morgan fingerprint density at radius 1 is 1.53 bits per heavy atom. The summed E-state index contributed by atoms with van der Waals surface area (Å²) < 4.78 is 0. The van der Waals surface area contributed by atoms with Crippen LogP contribution in [-0.4, -0.2) is 16.6 Å². The van der Waals surface area contributed by atoms with Crippen LogP contribution in [0, 0.1) is 11.3 Å². The molecule has 0 radical (unpaired) electrons. The van der Waals surface area contributed by atoms with Crippen molar-refractivity contribution >= 4 is 5.91 Å². The van der Waals surface area contributed by atoms with Gasteiger partial charge in [0.15, 0.2) is 0 Å². The first kappa shape index (κ1) is 16.0. The van der Waals surface area contributed by atoms with Crippen molar-refractivity contribution < 1.29 is 9.90 Å². The van der Waals surface area contributed by atoms with E-state index in [2.05, 4.69) is 11.9 Å². The van der Waals surface area contributed by atoms with Crippen LogP contribution in [0.15, 0.2) is 23.9 Å². The number of allylic oxidation sites excluding steroid dienone is 1. The summed E-state index contributed by atoms with van der Waals surface area (Å²) in [7, 11) is 0. The standard InChI is InChI=1S/C16H27NO2/c1-7-13(17-14(18)15(3,4)5)12-9-8-10-16(6,19)11(12)2/h7,11,19H,1,8-10H2,2-6H3,(H,17,18)/b13-12-/t11-,16+/m1/s1. The van der Waals surface area contributed by atoms with E-state index in [1.807, 2.05) is 34.6 Å². The number of hydrogen-bond acceptors (Lipinski definition) is 2. The lowest BCUT2D eigenvalue weighted by Gasteiger charge is -2.38. The molecule has 0 heterocycles. The molecule has 0 bridgehead atoms. The molecule has 1 fully saturated rings. The molecule has 1 aliphatic rings. The molecule has 1 saturated carbocycles. The summed E-state index contributed by atoms with van der Waals surface area (Å²) in [6, 6.07) is 0. The molecule has 2 N–H and O–H groups in total. The van der Waals surface area contributed by atoms with Crippen molar-refractivity contribution in [2.24, 2.45) is 11.3 Å². The van der Waals surface area contributed by atoms with Crippen LogP contribution < -0.4 is 5.32 Å². The largest absolute Gasteiger partial charge is 0.390 e. The molecule has 1 aliphatic carbocycles. The zero-order valence-corrected chi connectivity index (χ0v) is 12.8. The van der Waals surface area contributed by atoms with Crippen LogP contribution in [-0.2, 0) is 4.79 Å². The molecule has 108 valence electrons. The van der Waals surface area contributed by atoms with Crippen molar-refractivity contribution in [2.45, 2.75) is 59.5 Å². The van der Waals surface area contributed by atoms with Crippen molar-refractivity contribution in [3.63, 3.8) is 0 Å². The highest BCUT2D eigenvalue weighted by Gasteiger charge is 2.36. The molecule has 0 spiro atoms. The highest BCUT2D eigenvalue weighted by atomic mass is 16.3. The van der Waals surface area contributed by atoms with Crippen LogP contribution in [0.5, 0.6) is 0 Å². The Kier molecular flexibility index (Phi) is 4.62. The third kappa shape index (κ3) is 3.69. The first-order valence-electron chi connectivity index (χ1n) is 6.99. The number of carbonyl (C=O) groups excluding carboxylic acids is 1. The first-order valence-corrected chi connectivity index (χ1v) is 6.99.